The molecule has 1 saturated heterocycles. The molecule has 5 nitrogen and oxygen atoms in total. The number of piperazine rings is 1. The van der Waals surface area contributed by atoms with Crippen LogP contribution >= 0.6 is 0 Å². The van der Waals surface area contributed by atoms with E-state index < -0.39 is 6.10 Å². The average molecular weight is 327 g/mol. The Hall–Kier alpha value is -2.11. The molecule has 1 fully saturated rings. The Morgan fingerprint density at radius 2 is 1.88 bits per heavy atom. The molecule has 1 aliphatic heterocycles. The molecule has 1 aliphatic rings. The second-order valence-electron chi connectivity index (χ2n) is 6.27. The van der Waals surface area contributed by atoms with Crippen LogP contribution in [0, 0.1) is 6.92 Å². The third-order valence-corrected chi connectivity index (χ3v) is 4.30. The number of anilines is 1. The summed E-state index contributed by atoms with van der Waals surface area (Å²) in [5.41, 5.74) is 2.38. The Morgan fingerprint density at radius 1 is 1.12 bits per heavy atom. The van der Waals surface area contributed by atoms with Crippen molar-refractivity contribution in [3.63, 3.8) is 0 Å². The molecule has 0 radical (unpaired) electrons. The maximum Gasteiger partial charge on any atom is 0.119 e. The first-order valence-corrected chi connectivity index (χ1v) is 8.45. The summed E-state index contributed by atoms with van der Waals surface area (Å²) < 4.78 is 5.69. The van der Waals surface area contributed by atoms with Crippen LogP contribution in [-0.4, -0.2) is 60.4 Å². The fourth-order valence-corrected chi connectivity index (χ4v) is 2.99. The van der Waals surface area contributed by atoms with Crippen LogP contribution < -0.4 is 9.64 Å². The van der Waals surface area contributed by atoms with Gasteiger partial charge in [0.05, 0.1) is 0 Å². The van der Waals surface area contributed by atoms with Gasteiger partial charge in [0.25, 0.3) is 0 Å². The van der Waals surface area contributed by atoms with Gasteiger partial charge >= 0.3 is 0 Å². The third kappa shape index (κ3) is 4.69. The highest BCUT2D eigenvalue weighted by molar-refractivity contribution is 5.44. The lowest BCUT2D eigenvalue weighted by Gasteiger charge is -2.36. The Kier molecular flexibility index (Phi) is 5.67. The summed E-state index contributed by atoms with van der Waals surface area (Å²) in [6, 6.07) is 12.0. The molecular formula is C19H25N3O2. The zero-order chi connectivity index (χ0) is 16.8. The quantitative estimate of drug-likeness (QED) is 0.879. The van der Waals surface area contributed by atoms with Gasteiger partial charge in [0.2, 0.25) is 0 Å². The highest BCUT2D eigenvalue weighted by atomic mass is 16.5. The van der Waals surface area contributed by atoms with Gasteiger partial charge in [-0.25, -0.2) is 0 Å². The van der Waals surface area contributed by atoms with Gasteiger partial charge in [-0.3, -0.25) is 9.88 Å². The highest BCUT2D eigenvalue weighted by Crippen LogP contribution is 2.15. The normalized spacial score (nSPS) is 16.8. The molecule has 0 bridgehead atoms. The number of benzene rings is 1. The van der Waals surface area contributed by atoms with Crippen LogP contribution in [0.1, 0.15) is 5.56 Å². The van der Waals surface area contributed by atoms with Crippen molar-refractivity contribution in [3.05, 3.63) is 54.4 Å². The Balaban J connectivity index is 1.41. The second-order valence-corrected chi connectivity index (χ2v) is 6.27. The topological polar surface area (TPSA) is 48.8 Å². The maximum absolute atomic E-state index is 10.2. The lowest BCUT2D eigenvalue weighted by atomic mass is 10.2. The number of aliphatic hydroxyl groups is 1. The van der Waals surface area contributed by atoms with Crippen molar-refractivity contribution in [2.75, 3.05) is 44.2 Å². The van der Waals surface area contributed by atoms with Crippen LogP contribution in [0.3, 0.4) is 0 Å². The monoisotopic (exact) mass is 327 g/mol. The zero-order valence-corrected chi connectivity index (χ0v) is 14.1. The van der Waals surface area contributed by atoms with Crippen molar-refractivity contribution >= 4 is 5.69 Å². The standard InChI is InChI=1S/C19H25N3O2/c1-16-3-2-4-19(13-16)24-15-18(23)14-21-9-11-22(12-10-21)17-5-7-20-8-6-17/h2-8,13,18,23H,9-12,14-15H2,1H3. The molecule has 3 rings (SSSR count). The predicted octanol–water partition coefficient (Wildman–Crippen LogP) is 1.95. The summed E-state index contributed by atoms with van der Waals surface area (Å²) >= 11 is 0. The Bertz CT molecular complexity index is 628. The Morgan fingerprint density at radius 3 is 2.58 bits per heavy atom. The average Bonchev–Trinajstić information content (AvgIpc) is 2.61. The van der Waals surface area contributed by atoms with E-state index in [1.165, 1.54) is 5.69 Å². The molecule has 24 heavy (non-hydrogen) atoms. The van der Waals surface area contributed by atoms with Crippen LogP contribution in [0.4, 0.5) is 5.69 Å². The van der Waals surface area contributed by atoms with Gasteiger partial charge in [0, 0.05) is 50.8 Å². The molecular weight excluding hydrogens is 302 g/mol. The molecule has 2 heterocycles. The van der Waals surface area contributed by atoms with Crippen molar-refractivity contribution in [1.82, 2.24) is 9.88 Å². The van der Waals surface area contributed by atoms with E-state index in [9.17, 15) is 5.11 Å². The van der Waals surface area contributed by atoms with E-state index in [-0.39, 0.29) is 0 Å². The third-order valence-electron chi connectivity index (χ3n) is 4.30. The SMILES string of the molecule is Cc1cccc(OCC(O)CN2CCN(c3ccncc3)CC2)c1. The minimum Gasteiger partial charge on any atom is -0.491 e. The van der Waals surface area contributed by atoms with Gasteiger partial charge in [-0.05, 0) is 36.8 Å². The fraction of sp³-hybridized carbons (Fsp3) is 0.421. The molecule has 2 aromatic rings. The van der Waals surface area contributed by atoms with Gasteiger partial charge < -0.3 is 14.7 Å². The largest absolute Gasteiger partial charge is 0.491 e. The fourth-order valence-electron chi connectivity index (χ4n) is 2.99. The first kappa shape index (κ1) is 16.7. The molecule has 128 valence electrons. The number of nitrogens with zero attached hydrogens (tertiary/aromatic N) is 3. The second kappa shape index (κ2) is 8.13. The molecule has 1 aromatic carbocycles. The summed E-state index contributed by atoms with van der Waals surface area (Å²) in [5, 5.41) is 10.2. The summed E-state index contributed by atoms with van der Waals surface area (Å²) in [6.45, 7) is 6.84. The summed E-state index contributed by atoms with van der Waals surface area (Å²) in [7, 11) is 0. The number of β-amino-alcohol motifs (C(OH)–C–C–N with tert-alkyl or cyclic N) is 1. The molecule has 1 atom stereocenters. The van der Waals surface area contributed by atoms with Crippen LogP contribution in [0.25, 0.3) is 0 Å². The van der Waals surface area contributed by atoms with Gasteiger partial charge in [0.15, 0.2) is 0 Å². The summed E-state index contributed by atoms with van der Waals surface area (Å²) in [5.74, 6) is 0.816. The summed E-state index contributed by atoms with van der Waals surface area (Å²) in [6.07, 6.45) is 3.18. The van der Waals surface area contributed by atoms with Gasteiger partial charge in [-0.2, -0.15) is 0 Å². The molecule has 5 heteroatoms. The van der Waals surface area contributed by atoms with Gasteiger partial charge in [0.1, 0.15) is 18.5 Å². The first-order valence-electron chi connectivity index (χ1n) is 8.45. The number of rotatable bonds is 6. The summed E-state index contributed by atoms with van der Waals surface area (Å²) in [4.78, 5) is 8.71. The predicted molar refractivity (Wildman–Crippen MR) is 95.6 cm³/mol. The Labute approximate surface area is 143 Å². The number of aryl methyl sites for hydroxylation is 1. The van der Waals surface area contributed by atoms with Crippen LogP contribution in [-0.2, 0) is 0 Å². The molecule has 0 aliphatic carbocycles. The number of hydrogen-bond acceptors (Lipinski definition) is 5. The van der Waals surface area contributed by atoms with Crippen LogP contribution in [0.5, 0.6) is 5.75 Å². The van der Waals surface area contributed by atoms with E-state index >= 15 is 0 Å². The van der Waals surface area contributed by atoms with E-state index in [0.29, 0.717) is 13.2 Å². The minimum absolute atomic E-state index is 0.327. The number of aliphatic hydroxyl groups excluding tert-OH is 1. The van der Waals surface area contributed by atoms with Gasteiger partial charge in [-0.1, -0.05) is 12.1 Å². The van der Waals surface area contributed by atoms with E-state index in [1.807, 2.05) is 55.7 Å². The van der Waals surface area contributed by atoms with Crippen molar-refractivity contribution < 1.29 is 9.84 Å². The van der Waals surface area contributed by atoms with Crippen LogP contribution in [0.15, 0.2) is 48.8 Å². The zero-order valence-electron chi connectivity index (χ0n) is 14.1. The van der Waals surface area contributed by atoms with Crippen molar-refractivity contribution in [2.24, 2.45) is 0 Å². The molecule has 0 spiro atoms. The number of aromatic nitrogens is 1. The van der Waals surface area contributed by atoms with E-state index in [4.69, 9.17) is 4.74 Å². The minimum atomic E-state index is -0.474. The van der Waals surface area contributed by atoms with E-state index in [1.54, 1.807) is 0 Å². The number of hydrogen-bond donors (Lipinski definition) is 1. The smallest absolute Gasteiger partial charge is 0.119 e. The highest BCUT2D eigenvalue weighted by Gasteiger charge is 2.19. The van der Waals surface area contributed by atoms with Gasteiger partial charge in [-0.15, -0.1) is 0 Å². The van der Waals surface area contributed by atoms with Crippen molar-refractivity contribution in [1.29, 1.82) is 0 Å². The number of ether oxygens (including phenoxy) is 1. The van der Waals surface area contributed by atoms with Crippen molar-refractivity contribution in [3.8, 4) is 5.75 Å². The van der Waals surface area contributed by atoms with E-state index in [0.717, 1.165) is 37.5 Å². The van der Waals surface area contributed by atoms with Crippen LogP contribution in [0.2, 0.25) is 0 Å². The maximum atomic E-state index is 10.2. The molecule has 1 N–H and O–H groups in total. The molecule has 0 amide bonds. The number of pyridine rings is 1. The first-order chi connectivity index (χ1) is 11.7. The van der Waals surface area contributed by atoms with Crippen molar-refractivity contribution in [2.45, 2.75) is 13.0 Å². The molecule has 1 unspecified atom stereocenters. The van der Waals surface area contributed by atoms with E-state index in [2.05, 4.69) is 14.8 Å². The molecule has 1 aromatic heterocycles. The lowest BCUT2D eigenvalue weighted by Crippen LogP contribution is -2.49. The lowest BCUT2D eigenvalue weighted by molar-refractivity contribution is 0.0663. The molecule has 0 saturated carbocycles.